The first-order chi connectivity index (χ1) is 10.2. The summed E-state index contributed by atoms with van der Waals surface area (Å²) in [6.07, 6.45) is 1.68. The van der Waals surface area contributed by atoms with E-state index in [2.05, 4.69) is 4.99 Å². The van der Waals surface area contributed by atoms with Crippen molar-refractivity contribution in [2.24, 2.45) is 4.99 Å². The maximum absolute atomic E-state index is 9.72. The number of benzene rings is 2. The van der Waals surface area contributed by atoms with Crippen LogP contribution < -0.4 is 9.47 Å². The number of phenols is 1. The summed E-state index contributed by atoms with van der Waals surface area (Å²) in [6, 6.07) is 12.8. The minimum Gasteiger partial charge on any atom is -0.507 e. The van der Waals surface area contributed by atoms with E-state index in [1.165, 1.54) is 0 Å². The number of rotatable bonds is 5. The Labute approximate surface area is 124 Å². The van der Waals surface area contributed by atoms with Gasteiger partial charge in [-0.3, -0.25) is 4.99 Å². The molecule has 1 atom stereocenters. The summed E-state index contributed by atoms with van der Waals surface area (Å²) >= 11 is 0. The Kier molecular flexibility index (Phi) is 4.82. The molecule has 0 spiro atoms. The Morgan fingerprint density at radius 3 is 2.43 bits per heavy atom. The number of methoxy groups -OCH3 is 2. The van der Waals surface area contributed by atoms with Crippen molar-refractivity contribution >= 4 is 6.21 Å². The summed E-state index contributed by atoms with van der Waals surface area (Å²) in [5.74, 6) is 1.60. The van der Waals surface area contributed by atoms with E-state index in [4.69, 9.17) is 9.47 Å². The van der Waals surface area contributed by atoms with Crippen molar-refractivity contribution in [3.05, 3.63) is 53.6 Å². The highest BCUT2D eigenvalue weighted by molar-refractivity contribution is 5.83. The third-order valence-electron chi connectivity index (χ3n) is 3.26. The number of ether oxygens (including phenoxy) is 2. The Hall–Kier alpha value is -2.49. The molecule has 0 saturated carbocycles. The Balaban J connectivity index is 2.20. The van der Waals surface area contributed by atoms with Crippen LogP contribution in [0.15, 0.2) is 47.5 Å². The second kappa shape index (κ2) is 6.79. The molecule has 2 aromatic carbocycles. The van der Waals surface area contributed by atoms with E-state index < -0.39 is 0 Å². The largest absolute Gasteiger partial charge is 0.507 e. The summed E-state index contributed by atoms with van der Waals surface area (Å²) in [5, 5.41) is 9.72. The molecule has 0 radical (unpaired) electrons. The second-order valence-corrected chi connectivity index (χ2v) is 4.63. The molecule has 0 aliphatic heterocycles. The van der Waals surface area contributed by atoms with Gasteiger partial charge in [-0.2, -0.15) is 0 Å². The number of phenolic OH excluding ortho intramolecular Hbond substituents is 1. The van der Waals surface area contributed by atoms with E-state index >= 15 is 0 Å². The summed E-state index contributed by atoms with van der Waals surface area (Å²) < 4.78 is 10.5. The van der Waals surface area contributed by atoms with Gasteiger partial charge in [-0.1, -0.05) is 18.2 Å². The molecule has 110 valence electrons. The average molecular weight is 285 g/mol. The van der Waals surface area contributed by atoms with Gasteiger partial charge in [0.1, 0.15) is 5.75 Å². The molecule has 2 rings (SSSR count). The minimum atomic E-state index is -0.0515. The summed E-state index contributed by atoms with van der Waals surface area (Å²) in [7, 11) is 3.22. The quantitative estimate of drug-likeness (QED) is 0.854. The van der Waals surface area contributed by atoms with Crippen molar-refractivity contribution in [3.8, 4) is 17.2 Å². The van der Waals surface area contributed by atoms with Gasteiger partial charge in [-0.15, -0.1) is 0 Å². The number of aromatic hydroxyl groups is 1. The maximum atomic E-state index is 9.72. The molecule has 0 amide bonds. The fourth-order valence-electron chi connectivity index (χ4n) is 1.99. The molecule has 0 fully saturated rings. The van der Waals surface area contributed by atoms with E-state index in [0.717, 1.165) is 5.56 Å². The molecule has 1 N–H and O–H groups in total. The number of hydrogen-bond donors (Lipinski definition) is 1. The maximum Gasteiger partial charge on any atom is 0.161 e. The van der Waals surface area contributed by atoms with Crippen LogP contribution in [0, 0.1) is 0 Å². The molecule has 2 aromatic rings. The number of nitrogens with zero attached hydrogens (tertiary/aromatic N) is 1. The van der Waals surface area contributed by atoms with Gasteiger partial charge in [0.15, 0.2) is 11.5 Å². The summed E-state index contributed by atoms with van der Waals surface area (Å²) in [4.78, 5) is 4.47. The second-order valence-electron chi connectivity index (χ2n) is 4.63. The predicted molar refractivity (Wildman–Crippen MR) is 83.7 cm³/mol. The SMILES string of the molecule is COc1ccc(C(C)N=Cc2ccccc2O)cc1OC. The van der Waals surface area contributed by atoms with E-state index in [0.29, 0.717) is 17.1 Å². The van der Waals surface area contributed by atoms with Gasteiger partial charge in [0.25, 0.3) is 0 Å². The lowest BCUT2D eigenvalue weighted by molar-refractivity contribution is 0.354. The standard InChI is InChI=1S/C17H19NO3/c1-12(18-11-14-6-4-5-7-15(14)19)13-8-9-16(20-2)17(10-13)21-3/h4-12,19H,1-3H3. The molecule has 0 saturated heterocycles. The zero-order chi connectivity index (χ0) is 15.2. The molecule has 4 heteroatoms. The predicted octanol–water partition coefficient (Wildman–Crippen LogP) is 3.59. The van der Waals surface area contributed by atoms with Crippen LogP contribution in [0.2, 0.25) is 0 Å². The fraction of sp³-hybridized carbons (Fsp3) is 0.235. The van der Waals surface area contributed by atoms with E-state index in [-0.39, 0.29) is 11.8 Å². The minimum absolute atomic E-state index is 0.0515. The number of para-hydroxylation sites is 1. The van der Waals surface area contributed by atoms with Crippen LogP contribution in [-0.4, -0.2) is 25.5 Å². The third-order valence-corrected chi connectivity index (χ3v) is 3.26. The van der Waals surface area contributed by atoms with Crippen molar-refractivity contribution in [2.45, 2.75) is 13.0 Å². The molecular weight excluding hydrogens is 266 g/mol. The Morgan fingerprint density at radius 1 is 1.05 bits per heavy atom. The van der Waals surface area contributed by atoms with Gasteiger partial charge in [0.2, 0.25) is 0 Å². The first-order valence-electron chi connectivity index (χ1n) is 6.68. The van der Waals surface area contributed by atoms with Gasteiger partial charge in [-0.05, 0) is 36.8 Å². The monoisotopic (exact) mass is 285 g/mol. The van der Waals surface area contributed by atoms with Crippen LogP contribution in [0.5, 0.6) is 17.2 Å². The third kappa shape index (κ3) is 3.54. The first kappa shape index (κ1) is 14.9. The van der Waals surface area contributed by atoms with E-state index in [1.807, 2.05) is 37.3 Å². The summed E-state index contributed by atoms with van der Waals surface area (Å²) in [5.41, 5.74) is 1.71. The average Bonchev–Trinajstić information content (AvgIpc) is 2.53. The summed E-state index contributed by atoms with van der Waals surface area (Å²) in [6.45, 7) is 1.98. The van der Waals surface area contributed by atoms with Crippen molar-refractivity contribution < 1.29 is 14.6 Å². The van der Waals surface area contributed by atoms with Gasteiger partial charge in [0.05, 0.1) is 20.3 Å². The van der Waals surface area contributed by atoms with Crippen LogP contribution in [0.25, 0.3) is 0 Å². The van der Waals surface area contributed by atoms with E-state index in [1.54, 1.807) is 32.6 Å². The topological polar surface area (TPSA) is 51.0 Å². The zero-order valence-electron chi connectivity index (χ0n) is 12.4. The van der Waals surface area contributed by atoms with Gasteiger partial charge in [0, 0.05) is 11.8 Å². The highest BCUT2D eigenvalue weighted by Crippen LogP contribution is 2.31. The van der Waals surface area contributed by atoms with Gasteiger partial charge >= 0.3 is 0 Å². The van der Waals surface area contributed by atoms with Crippen molar-refractivity contribution in [1.29, 1.82) is 0 Å². The van der Waals surface area contributed by atoms with Gasteiger partial charge < -0.3 is 14.6 Å². The Morgan fingerprint density at radius 2 is 1.76 bits per heavy atom. The van der Waals surface area contributed by atoms with Crippen molar-refractivity contribution in [2.75, 3.05) is 14.2 Å². The highest BCUT2D eigenvalue weighted by Gasteiger charge is 2.09. The lowest BCUT2D eigenvalue weighted by Gasteiger charge is -2.12. The molecular formula is C17H19NO3. The molecule has 0 heterocycles. The molecule has 0 aliphatic rings. The van der Waals surface area contributed by atoms with E-state index in [9.17, 15) is 5.11 Å². The van der Waals surface area contributed by atoms with Crippen LogP contribution in [0.3, 0.4) is 0 Å². The van der Waals surface area contributed by atoms with Crippen LogP contribution in [-0.2, 0) is 0 Å². The lowest BCUT2D eigenvalue weighted by Crippen LogP contribution is -1.95. The fourth-order valence-corrected chi connectivity index (χ4v) is 1.99. The van der Waals surface area contributed by atoms with Crippen LogP contribution >= 0.6 is 0 Å². The van der Waals surface area contributed by atoms with Crippen LogP contribution in [0.1, 0.15) is 24.1 Å². The first-order valence-corrected chi connectivity index (χ1v) is 6.68. The number of hydrogen-bond acceptors (Lipinski definition) is 4. The molecule has 0 aliphatic carbocycles. The number of aliphatic imine (C=N–C) groups is 1. The Bertz CT molecular complexity index is 638. The lowest BCUT2D eigenvalue weighted by atomic mass is 10.1. The normalized spacial score (nSPS) is 12.3. The molecule has 0 bridgehead atoms. The zero-order valence-corrected chi connectivity index (χ0v) is 12.4. The molecule has 1 unspecified atom stereocenters. The van der Waals surface area contributed by atoms with Crippen molar-refractivity contribution in [3.63, 3.8) is 0 Å². The highest BCUT2D eigenvalue weighted by atomic mass is 16.5. The molecule has 21 heavy (non-hydrogen) atoms. The molecule has 0 aromatic heterocycles. The van der Waals surface area contributed by atoms with Gasteiger partial charge in [-0.25, -0.2) is 0 Å². The van der Waals surface area contributed by atoms with Crippen molar-refractivity contribution in [1.82, 2.24) is 0 Å². The smallest absolute Gasteiger partial charge is 0.161 e. The van der Waals surface area contributed by atoms with Crippen LogP contribution in [0.4, 0.5) is 0 Å². The molecule has 4 nitrogen and oxygen atoms in total.